The van der Waals surface area contributed by atoms with Crippen LogP contribution in [0.25, 0.3) is 0 Å². The van der Waals surface area contributed by atoms with Gasteiger partial charge < -0.3 is 15.6 Å². The van der Waals surface area contributed by atoms with E-state index < -0.39 is 0 Å². The van der Waals surface area contributed by atoms with Crippen molar-refractivity contribution in [2.24, 2.45) is 5.73 Å². The molecule has 0 bridgehead atoms. The number of aliphatic hydroxyl groups excluding tert-OH is 1. The molecule has 0 radical (unpaired) electrons. The van der Waals surface area contributed by atoms with Gasteiger partial charge in [-0.25, -0.2) is 0 Å². The molecule has 0 saturated heterocycles. The SMILES string of the molecule is COc1ccc(SC(N)CO)cc1. The Labute approximate surface area is 81.9 Å². The van der Waals surface area contributed by atoms with Gasteiger partial charge in [0.1, 0.15) is 5.75 Å². The minimum absolute atomic E-state index is 0.0172. The second-order valence-electron chi connectivity index (χ2n) is 2.51. The molecule has 0 amide bonds. The van der Waals surface area contributed by atoms with E-state index in [0.717, 1.165) is 10.6 Å². The number of hydrogen-bond acceptors (Lipinski definition) is 4. The van der Waals surface area contributed by atoms with Crippen molar-refractivity contribution in [1.29, 1.82) is 0 Å². The predicted molar refractivity (Wildman–Crippen MR) is 53.9 cm³/mol. The highest BCUT2D eigenvalue weighted by molar-refractivity contribution is 7.99. The van der Waals surface area contributed by atoms with Gasteiger partial charge in [0.05, 0.1) is 19.1 Å². The highest BCUT2D eigenvalue weighted by atomic mass is 32.2. The summed E-state index contributed by atoms with van der Waals surface area (Å²) in [5.74, 6) is 0.821. The average molecular weight is 199 g/mol. The maximum atomic E-state index is 8.73. The molecule has 1 rings (SSSR count). The van der Waals surface area contributed by atoms with Crippen LogP contribution in [-0.4, -0.2) is 24.2 Å². The molecule has 0 aromatic heterocycles. The number of hydrogen-bond donors (Lipinski definition) is 2. The highest BCUT2D eigenvalue weighted by Gasteiger charge is 2.02. The second kappa shape index (κ2) is 5.11. The monoisotopic (exact) mass is 199 g/mol. The van der Waals surface area contributed by atoms with Crippen LogP contribution in [0.3, 0.4) is 0 Å². The van der Waals surface area contributed by atoms with E-state index in [-0.39, 0.29) is 12.0 Å². The number of methoxy groups -OCH3 is 1. The van der Waals surface area contributed by atoms with E-state index in [1.165, 1.54) is 11.8 Å². The first kappa shape index (κ1) is 10.4. The van der Waals surface area contributed by atoms with E-state index in [4.69, 9.17) is 15.6 Å². The van der Waals surface area contributed by atoms with Crippen molar-refractivity contribution >= 4 is 11.8 Å². The largest absolute Gasteiger partial charge is 0.497 e. The number of rotatable bonds is 4. The third-order valence-corrected chi connectivity index (χ3v) is 2.52. The number of benzene rings is 1. The molecule has 13 heavy (non-hydrogen) atoms. The topological polar surface area (TPSA) is 55.5 Å². The molecule has 1 unspecified atom stereocenters. The lowest BCUT2D eigenvalue weighted by molar-refractivity contribution is 0.296. The zero-order chi connectivity index (χ0) is 9.68. The Morgan fingerprint density at radius 2 is 2.08 bits per heavy atom. The van der Waals surface area contributed by atoms with E-state index in [2.05, 4.69) is 0 Å². The molecular formula is C9H13NO2S. The summed E-state index contributed by atoms with van der Waals surface area (Å²) in [6.45, 7) is -0.0172. The molecule has 3 N–H and O–H groups in total. The van der Waals surface area contributed by atoms with Crippen LogP contribution in [0, 0.1) is 0 Å². The number of thioether (sulfide) groups is 1. The normalized spacial score (nSPS) is 12.5. The minimum atomic E-state index is -0.256. The van der Waals surface area contributed by atoms with Gasteiger partial charge in [0.15, 0.2) is 0 Å². The number of ether oxygens (including phenoxy) is 1. The summed E-state index contributed by atoms with van der Waals surface area (Å²) in [7, 11) is 1.63. The van der Waals surface area contributed by atoms with Crippen LogP contribution in [0.15, 0.2) is 29.2 Å². The Balaban J connectivity index is 2.58. The molecule has 0 aliphatic heterocycles. The molecule has 0 heterocycles. The summed E-state index contributed by atoms with van der Waals surface area (Å²) in [5.41, 5.74) is 5.56. The Hall–Kier alpha value is -0.710. The maximum absolute atomic E-state index is 8.73. The fraction of sp³-hybridized carbons (Fsp3) is 0.333. The number of aliphatic hydroxyl groups is 1. The first-order valence-electron chi connectivity index (χ1n) is 3.93. The zero-order valence-corrected chi connectivity index (χ0v) is 8.25. The van der Waals surface area contributed by atoms with E-state index in [1.54, 1.807) is 7.11 Å². The maximum Gasteiger partial charge on any atom is 0.118 e. The molecule has 4 heteroatoms. The van der Waals surface area contributed by atoms with Gasteiger partial charge in [0, 0.05) is 4.90 Å². The van der Waals surface area contributed by atoms with Crippen molar-refractivity contribution in [3.63, 3.8) is 0 Å². The summed E-state index contributed by atoms with van der Waals surface area (Å²) >= 11 is 1.43. The quantitative estimate of drug-likeness (QED) is 0.562. The Morgan fingerprint density at radius 3 is 2.54 bits per heavy atom. The summed E-state index contributed by atoms with van der Waals surface area (Å²) < 4.78 is 5.01. The van der Waals surface area contributed by atoms with Crippen molar-refractivity contribution < 1.29 is 9.84 Å². The third-order valence-electron chi connectivity index (χ3n) is 1.53. The van der Waals surface area contributed by atoms with E-state index in [9.17, 15) is 0 Å². The molecule has 3 nitrogen and oxygen atoms in total. The van der Waals surface area contributed by atoms with Crippen LogP contribution in [0.2, 0.25) is 0 Å². The predicted octanol–water partition coefficient (Wildman–Crippen LogP) is 1.06. The molecule has 1 atom stereocenters. The summed E-state index contributed by atoms with van der Waals surface area (Å²) in [6.07, 6.45) is 0. The van der Waals surface area contributed by atoms with Gasteiger partial charge in [-0.2, -0.15) is 0 Å². The average Bonchev–Trinajstić information content (AvgIpc) is 2.19. The second-order valence-corrected chi connectivity index (χ2v) is 3.83. The summed E-state index contributed by atoms with van der Waals surface area (Å²) in [4.78, 5) is 1.03. The molecule has 0 saturated carbocycles. The molecule has 0 fully saturated rings. The van der Waals surface area contributed by atoms with Crippen LogP contribution in [0.5, 0.6) is 5.75 Å². The van der Waals surface area contributed by atoms with E-state index in [1.807, 2.05) is 24.3 Å². The van der Waals surface area contributed by atoms with Gasteiger partial charge >= 0.3 is 0 Å². The molecule has 0 aliphatic rings. The fourth-order valence-electron chi connectivity index (χ4n) is 0.866. The Bertz CT molecular complexity index is 250. The van der Waals surface area contributed by atoms with Crippen molar-refractivity contribution in [2.45, 2.75) is 10.3 Å². The molecule has 72 valence electrons. The molecular weight excluding hydrogens is 186 g/mol. The van der Waals surface area contributed by atoms with Crippen molar-refractivity contribution in [3.8, 4) is 5.75 Å². The molecule has 1 aromatic rings. The zero-order valence-electron chi connectivity index (χ0n) is 7.43. The lowest BCUT2D eigenvalue weighted by atomic mass is 10.3. The lowest BCUT2D eigenvalue weighted by Crippen LogP contribution is -2.19. The van der Waals surface area contributed by atoms with Crippen molar-refractivity contribution in [3.05, 3.63) is 24.3 Å². The van der Waals surface area contributed by atoms with Crippen LogP contribution < -0.4 is 10.5 Å². The standard InChI is InChI=1S/C9H13NO2S/c1-12-7-2-4-8(5-3-7)13-9(10)6-11/h2-5,9,11H,6,10H2,1H3. The summed E-state index contributed by atoms with van der Waals surface area (Å²) in [5, 5.41) is 8.47. The smallest absolute Gasteiger partial charge is 0.118 e. The van der Waals surface area contributed by atoms with Gasteiger partial charge in [-0.05, 0) is 24.3 Å². The van der Waals surface area contributed by atoms with Crippen LogP contribution >= 0.6 is 11.8 Å². The van der Waals surface area contributed by atoms with E-state index in [0.29, 0.717) is 0 Å². The fourth-order valence-corrected chi connectivity index (χ4v) is 1.58. The first-order chi connectivity index (χ1) is 6.26. The van der Waals surface area contributed by atoms with E-state index >= 15 is 0 Å². The van der Waals surface area contributed by atoms with Gasteiger partial charge in [0.25, 0.3) is 0 Å². The lowest BCUT2D eigenvalue weighted by Gasteiger charge is -2.07. The number of nitrogens with two attached hydrogens (primary N) is 1. The first-order valence-corrected chi connectivity index (χ1v) is 4.81. The van der Waals surface area contributed by atoms with Crippen molar-refractivity contribution in [1.82, 2.24) is 0 Å². The van der Waals surface area contributed by atoms with Gasteiger partial charge in [-0.1, -0.05) is 0 Å². The van der Waals surface area contributed by atoms with Crippen LogP contribution in [0.1, 0.15) is 0 Å². The molecule has 0 spiro atoms. The van der Waals surface area contributed by atoms with Crippen LogP contribution in [-0.2, 0) is 0 Å². The molecule has 0 aliphatic carbocycles. The van der Waals surface area contributed by atoms with Crippen molar-refractivity contribution in [2.75, 3.05) is 13.7 Å². The molecule has 1 aromatic carbocycles. The minimum Gasteiger partial charge on any atom is -0.497 e. The summed E-state index contributed by atoms with van der Waals surface area (Å²) in [6, 6.07) is 7.57. The van der Waals surface area contributed by atoms with Gasteiger partial charge in [-0.3, -0.25) is 0 Å². The van der Waals surface area contributed by atoms with Gasteiger partial charge in [-0.15, -0.1) is 11.8 Å². The van der Waals surface area contributed by atoms with Crippen LogP contribution in [0.4, 0.5) is 0 Å². The Morgan fingerprint density at radius 1 is 1.46 bits per heavy atom. The Kier molecular flexibility index (Phi) is 4.08. The third kappa shape index (κ3) is 3.26. The highest BCUT2D eigenvalue weighted by Crippen LogP contribution is 2.22. The van der Waals surface area contributed by atoms with Gasteiger partial charge in [0.2, 0.25) is 0 Å².